The van der Waals surface area contributed by atoms with E-state index in [1.54, 1.807) is 0 Å². The molecule has 1 spiro atoms. The maximum Gasteiger partial charge on any atom is 0.135 e. The van der Waals surface area contributed by atoms with Gasteiger partial charge in [-0.05, 0) is 132 Å². The fraction of sp³-hybridized carbons (Fsp3) is 0.0169. The molecule has 1 aromatic heterocycles. The van der Waals surface area contributed by atoms with Crippen molar-refractivity contribution in [3.05, 3.63) is 235 Å². The minimum atomic E-state index is -0.382. The summed E-state index contributed by atoms with van der Waals surface area (Å²) in [6.07, 6.45) is 0. The van der Waals surface area contributed by atoms with Gasteiger partial charge in [0, 0.05) is 27.4 Å². The van der Waals surface area contributed by atoms with Crippen LogP contribution in [0, 0.1) is 0 Å². The molecule has 2 nitrogen and oxygen atoms in total. The first-order valence-electron chi connectivity index (χ1n) is 21.2. The standard InChI is InChI=1S/C59H35NO/c1-2-13-39(14-3-1)60-54-24-11-7-18-45(54)48-34-38(26-30-55(48)60)40-29-32-57-58-46(40)19-12-20-47(58)49-33-36(27-31-56(49)61-57)37-25-28-44-43-17-6-10-23-52(43)59(53(44)35-37)50-21-8-4-15-41(50)42-16-5-9-22-51(42)59/h1-35H. The zero-order valence-corrected chi connectivity index (χ0v) is 33.1. The van der Waals surface area contributed by atoms with Crippen molar-refractivity contribution in [1.82, 2.24) is 4.57 Å². The Morgan fingerprint density at radius 2 is 0.869 bits per heavy atom. The molecule has 0 fully saturated rings. The molecule has 0 bridgehead atoms. The van der Waals surface area contributed by atoms with Crippen LogP contribution in [0.4, 0.5) is 0 Å². The number of hydrogen-bond acceptors (Lipinski definition) is 1. The molecule has 3 aliphatic rings. The zero-order valence-electron chi connectivity index (χ0n) is 33.1. The molecule has 0 N–H and O–H groups in total. The first kappa shape index (κ1) is 33.0. The molecule has 2 aliphatic carbocycles. The summed E-state index contributed by atoms with van der Waals surface area (Å²) < 4.78 is 9.15. The number of ether oxygens (including phenoxy) is 1. The fourth-order valence-electron chi connectivity index (χ4n) is 11.3. The Bertz CT molecular complexity index is 3620. The molecule has 282 valence electrons. The molecule has 0 radical (unpaired) electrons. The average Bonchev–Trinajstić information content (AvgIpc) is 3.93. The molecule has 0 unspecified atom stereocenters. The van der Waals surface area contributed by atoms with Crippen LogP contribution in [0.25, 0.3) is 93.9 Å². The Kier molecular flexibility index (Phi) is 6.52. The van der Waals surface area contributed by atoms with Gasteiger partial charge in [-0.25, -0.2) is 0 Å². The first-order chi connectivity index (χ1) is 30.3. The van der Waals surface area contributed by atoms with Crippen molar-refractivity contribution >= 4 is 32.6 Å². The van der Waals surface area contributed by atoms with Gasteiger partial charge in [-0.15, -0.1) is 0 Å². The van der Waals surface area contributed by atoms with Gasteiger partial charge in [0.2, 0.25) is 0 Å². The van der Waals surface area contributed by atoms with Crippen molar-refractivity contribution in [2.24, 2.45) is 0 Å². The van der Waals surface area contributed by atoms with E-state index < -0.39 is 0 Å². The summed E-state index contributed by atoms with van der Waals surface area (Å²) >= 11 is 0. The lowest BCUT2D eigenvalue weighted by Gasteiger charge is -2.30. The second-order valence-corrected chi connectivity index (χ2v) is 16.7. The smallest absolute Gasteiger partial charge is 0.135 e. The number of rotatable bonds is 3. The van der Waals surface area contributed by atoms with Crippen molar-refractivity contribution in [3.8, 4) is 72.8 Å². The van der Waals surface area contributed by atoms with Gasteiger partial charge < -0.3 is 9.30 Å². The van der Waals surface area contributed by atoms with Crippen LogP contribution in [0.5, 0.6) is 11.5 Å². The molecular weight excluding hydrogens is 739 g/mol. The summed E-state index contributed by atoms with van der Waals surface area (Å²) in [5.41, 5.74) is 21.0. The van der Waals surface area contributed by atoms with Gasteiger partial charge in [-0.3, -0.25) is 0 Å². The predicted octanol–water partition coefficient (Wildman–Crippen LogP) is 15.4. The Morgan fingerprint density at radius 1 is 0.311 bits per heavy atom. The van der Waals surface area contributed by atoms with Crippen LogP contribution in [-0.2, 0) is 5.41 Å². The highest BCUT2D eigenvalue weighted by molar-refractivity contribution is 6.14. The molecule has 0 amide bonds. The largest absolute Gasteiger partial charge is 0.456 e. The van der Waals surface area contributed by atoms with E-state index in [-0.39, 0.29) is 5.41 Å². The van der Waals surface area contributed by atoms with Crippen molar-refractivity contribution in [2.75, 3.05) is 0 Å². The first-order valence-corrected chi connectivity index (χ1v) is 21.2. The van der Waals surface area contributed by atoms with Crippen LogP contribution in [0.2, 0.25) is 0 Å². The van der Waals surface area contributed by atoms with Gasteiger partial charge in [-0.1, -0.05) is 158 Å². The summed E-state index contributed by atoms with van der Waals surface area (Å²) in [5, 5.41) is 4.83. The maximum atomic E-state index is 6.78. The Labute approximate surface area is 353 Å². The summed E-state index contributed by atoms with van der Waals surface area (Å²) in [4.78, 5) is 0. The van der Waals surface area contributed by atoms with Gasteiger partial charge in [0.1, 0.15) is 11.5 Å². The molecule has 11 aromatic rings. The van der Waals surface area contributed by atoms with Gasteiger partial charge in [0.15, 0.2) is 0 Å². The third-order valence-electron chi connectivity index (χ3n) is 13.8. The van der Waals surface area contributed by atoms with E-state index in [4.69, 9.17) is 4.74 Å². The fourth-order valence-corrected chi connectivity index (χ4v) is 11.3. The molecule has 0 saturated carbocycles. The van der Waals surface area contributed by atoms with Crippen molar-refractivity contribution < 1.29 is 4.74 Å². The van der Waals surface area contributed by atoms with Crippen LogP contribution in [0.15, 0.2) is 212 Å². The molecule has 0 saturated heterocycles. The second kappa shape index (κ2) is 12.1. The molecule has 14 rings (SSSR count). The van der Waals surface area contributed by atoms with Gasteiger partial charge >= 0.3 is 0 Å². The van der Waals surface area contributed by atoms with E-state index >= 15 is 0 Å². The highest BCUT2D eigenvalue weighted by Crippen LogP contribution is 2.63. The van der Waals surface area contributed by atoms with E-state index in [0.717, 1.165) is 28.1 Å². The zero-order chi connectivity index (χ0) is 39.8. The third-order valence-corrected chi connectivity index (χ3v) is 13.8. The van der Waals surface area contributed by atoms with Crippen molar-refractivity contribution in [3.63, 3.8) is 0 Å². The number of nitrogens with zero attached hydrogens (tertiary/aromatic N) is 1. The normalized spacial score (nSPS) is 13.5. The van der Waals surface area contributed by atoms with Crippen LogP contribution in [-0.4, -0.2) is 4.57 Å². The minimum absolute atomic E-state index is 0.382. The lowest BCUT2D eigenvalue weighted by Crippen LogP contribution is -2.25. The van der Waals surface area contributed by atoms with E-state index in [1.165, 1.54) is 99.5 Å². The van der Waals surface area contributed by atoms with Crippen LogP contribution >= 0.6 is 0 Å². The lowest BCUT2D eigenvalue weighted by atomic mass is 9.70. The number of benzene rings is 10. The minimum Gasteiger partial charge on any atom is -0.456 e. The SMILES string of the molecule is c1ccc(-n2c3ccccc3c3cc(-c4ccc5c6c(cccc46)-c4cc(-c6ccc7c(c6)C6(c8ccccc8-c8ccccc86)c6ccccc6-7)ccc4O5)ccc32)cc1. The third kappa shape index (κ3) is 4.31. The number of para-hydroxylation sites is 2. The average molecular weight is 774 g/mol. The van der Waals surface area contributed by atoms with E-state index in [1.807, 2.05) is 0 Å². The molecule has 2 heterocycles. The summed E-state index contributed by atoms with van der Waals surface area (Å²) in [5.74, 6) is 1.78. The summed E-state index contributed by atoms with van der Waals surface area (Å²) in [6, 6.07) is 78.4. The molecule has 10 aromatic carbocycles. The molecule has 1 aliphatic heterocycles. The number of fused-ring (bicyclic) bond motifs is 15. The topological polar surface area (TPSA) is 14.2 Å². The van der Waals surface area contributed by atoms with Gasteiger partial charge in [0.25, 0.3) is 0 Å². The molecule has 2 heteroatoms. The molecule has 0 atom stereocenters. The van der Waals surface area contributed by atoms with E-state index in [9.17, 15) is 0 Å². The van der Waals surface area contributed by atoms with E-state index in [0.29, 0.717) is 0 Å². The van der Waals surface area contributed by atoms with Crippen LogP contribution in [0.3, 0.4) is 0 Å². The highest BCUT2D eigenvalue weighted by Gasteiger charge is 2.51. The number of hydrogen-bond donors (Lipinski definition) is 0. The van der Waals surface area contributed by atoms with Gasteiger partial charge in [-0.2, -0.15) is 0 Å². The summed E-state index contributed by atoms with van der Waals surface area (Å²) in [6.45, 7) is 0. The van der Waals surface area contributed by atoms with Crippen molar-refractivity contribution in [2.45, 2.75) is 5.41 Å². The second-order valence-electron chi connectivity index (χ2n) is 16.7. The highest BCUT2D eigenvalue weighted by atomic mass is 16.5. The quantitative estimate of drug-likeness (QED) is 0.174. The van der Waals surface area contributed by atoms with Crippen LogP contribution in [0.1, 0.15) is 22.3 Å². The Morgan fingerprint density at radius 3 is 1.64 bits per heavy atom. The number of aromatic nitrogens is 1. The van der Waals surface area contributed by atoms with Gasteiger partial charge in [0.05, 0.1) is 16.4 Å². The van der Waals surface area contributed by atoms with Crippen LogP contribution < -0.4 is 4.74 Å². The van der Waals surface area contributed by atoms with Crippen molar-refractivity contribution in [1.29, 1.82) is 0 Å². The molecular formula is C59H35NO. The predicted molar refractivity (Wildman–Crippen MR) is 251 cm³/mol. The maximum absolute atomic E-state index is 6.78. The lowest BCUT2D eigenvalue weighted by molar-refractivity contribution is 0.487. The monoisotopic (exact) mass is 773 g/mol. The molecule has 61 heavy (non-hydrogen) atoms. The Hall–Kier alpha value is -7.94. The summed E-state index contributed by atoms with van der Waals surface area (Å²) in [7, 11) is 0. The Balaban J connectivity index is 0.921. The van der Waals surface area contributed by atoms with E-state index in [2.05, 4.69) is 217 Å².